The molecule has 120 valence electrons. The van der Waals surface area contributed by atoms with Crippen molar-refractivity contribution < 1.29 is 13.2 Å². The van der Waals surface area contributed by atoms with E-state index < -0.39 is 9.84 Å². The standard InChI is InChI=1S/C12H25N3O3S.HI/c1-4-13-11(14-7-9-19(3,16)17)15-10-12(2)6-5-8-18-12;/h4-10H2,1-3H3,(H2,13,14,15);1H. The highest BCUT2D eigenvalue weighted by molar-refractivity contribution is 14.0. The fourth-order valence-electron chi connectivity index (χ4n) is 1.90. The lowest BCUT2D eigenvalue weighted by Gasteiger charge is -2.21. The van der Waals surface area contributed by atoms with Crippen molar-refractivity contribution in [3.05, 3.63) is 0 Å². The molecule has 0 radical (unpaired) electrons. The van der Waals surface area contributed by atoms with Gasteiger partial charge in [-0.05, 0) is 26.7 Å². The molecule has 0 bridgehead atoms. The number of hydrogen-bond acceptors (Lipinski definition) is 4. The second-order valence-corrected chi connectivity index (χ2v) is 7.41. The minimum Gasteiger partial charge on any atom is -0.373 e. The van der Waals surface area contributed by atoms with E-state index in [1.54, 1.807) is 0 Å². The van der Waals surface area contributed by atoms with Gasteiger partial charge in [0.25, 0.3) is 0 Å². The van der Waals surface area contributed by atoms with Crippen molar-refractivity contribution in [3.63, 3.8) is 0 Å². The summed E-state index contributed by atoms with van der Waals surface area (Å²) >= 11 is 0. The maximum atomic E-state index is 11.1. The maximum absolute atomic E-state index is 11.1. The molecule has 1 rings (SSSR count). The first-order chi connectivity index (χ1) is 8.85. The monoisotopic (exact) mass is 419 g/mol. The Bertz CT molecular complexity index is 406. The Kier molecular flexibility index (Phi) is 8.99. The molecule has 0 saturated carbocycles. The van der Waals surface area contributed by atoms with E-state index in [0.29, 0.717) is 19.0 Å². The lowest BCUT2D eigenvalue weighted by atomic mass is 10.0. The summed E-state index contributed by atoms with van der Waals surface area (Å²) in [5.74, 6) is 0.744. The van der Waals surface area contributed by atoms with Crippen LogP contribution in [0, 0.1) is 0 Å². The topological polar surface area (TPSA) is 79.8 Å². The van der Waals surface area contributed by atoms with Gasteiger partial charge < -0.3 is 15.4 Å². The van der Waals surface area contributed by atoms with Crippen LogP contribution in [-0.2, 0) is 14.6 Å². The first kappa shape index (κ1) is 19.9. The highest BCUT2D eigenvalue weighted by Gasteiger charge is 2.29. The van der Waals surface area contributed by atoms with Gasteiger partial charge >= 0.3 is 0 Å². The van der Waals surface area contributed by atoms with Gasteiger partial charge in [-0.15, -0.1) is 24.0 Å². The molecule has 0 amide bonds. The molecule has 1 unspecified atom stereocenters. The average Bonchev–Trinajstić information content (AvgIpc) is 2.72. The van der Waals surface area contributed by atoms with Gasteiger partial charge in [-0.2, -0.15) is 0 Å². The van der Waals surface area contributed by atoms with Crippen LogP contribution in [0.25, 0.3) is 0 Å². The van der Waals surface area contributed by atoms with Crippen LogP contribution in [0.15, 0.2) is 4.99 Å². The third-order valence-corrected chi connectivity index (χ3v) is 3.93. The molecule has 1 aliphatic rings. The lowest BCUT2D eigenvalue weighted by Crippen LogP contribution is -2.41. The number of nitrogens with zero attached hydrogens (tertiary/aromatic N) is 1. The Hall–Kier alpha value is -0.0900. The number of aliphatic imine (C=N–C) groups is 1. The molecule has 0 aliphatic carbocycles. The Balaban J connectivity index is 0.00000361. The Morgan fingerprint density at radius 1 is 1.40 bits per heavy atom. The maximum Gasteiger partial charge on any atom is 0.191 e. The van der Waals surface area contributed by atoms with E-state index in [0.717, 1.165) is 26.0 Å². The van der Waals surface area contributed by atoms with Crippen LogP contribution in [0.5, 0.6) is 0 Å². The van der Waals surface area contributed by atoms with Crippen molar-refractivity contribution in [2.75, 3.05) is 38.2 Å². The number of guanidine groups is 1. The first-order valence-corrected chi connectivity index (χ1v) is 8.74. The van der Waals surface area contributed by atoms with E-state index in [9.17, 15) is 8.42 Å². The molecular weight excluding hydrogens is 393 g/mol. The van der Waals surface area contributed by atoms with Crippen LogP contribution in [0.4, 0.5) is 0 Å². The molecule has 20 heavy (non-hydrogen) atoms. The highest BCUT2D eigenvalue weighted by Crippen LogP contribution is 2.24. The Morgan fingerprint density at radius 2 is 2.10 bits per heavy atom. The van der Waals surface area contributed by atoms with Crippen molar-refractivity contribution >= 4 is 39.8 Å². The van der Waals surface area contributed by atoms with E-state index >= 15 is 0 Å². The fourth-order valence-corrected chi connectivity index (χ4v) is 2.38. The average molecular weight is 419 g/mol. The van der Waals surface area contributed by atoms with Gasteiger partial charge in [0.1, 0.15) is 9.84 Å². The number of halogens is 1. The normalized spacial score (nSPS) is 23.2. The molecule has 0 aromatic rings. The molecule has 1 fully saturated rings. The second-order valence-electron chi connectivity index (χ2n) is 5.15. The minimum atomic E-state index is -2.95. The van der Waals surface area contributed by atoms with E-state index in [1.165, 1.54) is 6.26 Å². The van der Waals surface area contributed by atoms with Gasteiger partial charge in [-0.1, -0.05) is 0 Å². The third-order valence-electron chi connectivity index (χ3n) is 2.98. The number of rotatable bonds is 6. The summed E-state index contributed by atoms with van der Waals surface area (Å²) < 4.78 is 27.8. The Morgan fingerprint density at radius 3 is 2.60 bits per heavy atom. The quantitative estimate of drug-likeness (QED) is 0.378. The fraction of sp³-hybridized carbons (Fsp3) is 0.917. The van der Waals surface area contributed by atoms with E-state index in [2.05, 4.69) is 22.5 Å². The van der Waals surface area contributed by atoms with Gasteiger partial charge in [-0.3, -0.25) is 4.99 Å². The van der Waals surface area contributed by atoms with Crippen LogP contribution in [-0.4, -0.2) is 58.2 Å². The summed E-state index contributed by atoms with van der Waals surface area (Å²) in [6, 6.07) is 0. The third kappa shape index (κ3) is 8.25. The summed E-state index contributed by atoms with van der Waals surface area (Å²) in [5, 5.41) is 6.12. The number of hydrogen-bond donors (Lipinski definition) is 2. The minimum absolute atomic E-state index is 0. The molecule has 1 saturated heterocycles. The Labute approximate surface area is 139 Å². The van der Waals surface area contributed by atoms with Crippen LogP contribution in [0.1, 0.15) is 26.7 Å². The van der Waals surface area contributed by atoms with Gasteiger partial charge in [0.15, 0.2) is 5.96 Å². The lowest BCUT2D eigenvalue weighted by molar-refractivity contribution is 0.0283. The number of sulfone groups is 1. The predicted molar refractivity (Wildman–Crippen MR) is 92.7 cm³/mol. The molecule has 0 spiro atoms. The van der Waals surface area contributed by atoms with Crippen LogP contribution in [0.2, 0.25) is 0 Å². The first-order valence-electron chi connectivity index (χ1n) is 6.68. The zero-order chi connectivity index (χ0) is 14.4. The van der Waals surface area contributed by atoms with Crippen molar-refractivity contribution in [3.8, 4) is 0 Å². The van der Waals surface area contributed by atoms with Crippen LogP contribution >= 0.6 is 24.0 Å². The molecule has 6 nitrogen and oxygen atoms in total. The van der Waals surface area contributed by atoms with Crippen molar-refractivity contribution in [2.24, 2.45) is 4.99 Å². The summed E-state index contributed by atoms with van der Waals surface area (Å²) in [4.78, 5) is 4.46. The summed E-state index contributed by atoms with van der Waals surface area (Å²) in [7, 11) is -2.95. The SMILES string of the molecule is CCNC(=NCC1(C)CCCO1)NCCS(C)(=O)=O.I. The largest absolute Gasteiger partial charge is 0.373 e. The van der Waals surface area contributed by atoms with E-state index in [1.807, 2.05) is 6.92 Å². The molecule has 1 aliphatic heterocycles. The summed E-state index contributed by atoms with van der Waals surface area (Å²) in [5.41, 5.74) is -0.181. The summed E-state index contributed by atoms with van der Waals surface area (Å²) in [6.07, 6.45) is 3.31. The molecule has 1 heterocycles. The van der Waals surface area contributed by atoms with Gasteiger partial charge in [-0.25, -0.2) is 8.42 Å². The van der Waals surface area contributed by atoms with Crippen molar-refractivity contribution in [1.82, 2.24) is 10.6 Å². The van der Waals surface area contributed by atoms with Crippen LogP contribution in [0.3, 0.4) is 0 Å². The van der Waals surface area contributed by atoms with Crippen molar-refractivity contribution in [2.45, 2.75) is 32.3 Å². The van der Waals surface area contributed by atoms with Gasteiger partial charge in [0.05, 0.1) is 17.9 Å². The second kappa shape index (κ2) is 9.04. The van der Waals surface area contributed by atoms with Gasteiger partial charge in [0, 0.05) is 26.0 Å². The smallest absolute Gasteiger partial charge is 0.191 e. The predicted octanol–water partition coefficient (Wildman–Crippen LogP) is 0.773. The summed E-state index contributed by atoms with van der Waals surface area (Å²) in [6.45, 7) is 6.51. The van der Waals surface area contributed by atoms with E-state index in [4.69, 9.17) is 4.74 Å². The molecule has 0 aromatic carbocycles. The number of nitrogens with one attached hydrogen (secondary N) is 2. The zero-order valence-electron chi connectivity index (χ0n) is 12.4. The number of ether oxygens (including phenoxy) is 1. The molecule has 1 atom stereocenters. The molecule has 0 aromatic heterocycles. The van der Waals surface area contributed by atoms with Crippen LogP contribution < -0.4 is 10.6 Å². The zero-order valence-corrected chi connectivity index (χ0v) is 15.6. The van der Waals surface area contributed by atoms with Crippen molar-refractivity contribution in [1.29, 1.82) is 0 Å². The highest BCUT2D eigenvalue weighted by atomic mass is 127. The molecular formula is C12H26IN3O3S. The van der Waals surface area contributed by atoms with Gasteiger partial charge in [0.2, 0.25) is 0 Å². The van der Waals surface area contributed by atoms with E-state index in [-0.39, 0.29) is 35.3 Å². The molecule has 8 heteroatoms. The molecule has 2 N–H and O–H groups in total.